The normalized spacial score (nSPS) is 27.6. The van der Waals surface area contributed by atoms with Gasteiger partial charge in [-0.15, -0.1) is 11.8 Å². The highest BCUT2D eigenvalue weighted by Crippen LogP contribution is 2.31. The molecule has 1 aromatic carbocycles. The van der Waals surface area contributed by atoms with Crippen LogP contribution in [0.1, 0.15) is 22.3 Å². The van der Waals surface area contributed by atoms with E-state index in [1.54, 1.807) is 6.07 Å². The lowest BCUT2D eigenvalue weighted by atomic mass is 9.95. The van der Waals surface area contributed by atoms with Gasteiger partial charge in [-0.2, -0.15) is 0 Å². The van der Waals surface area contributed by atoms with Gasteiger partial charge in [-0.3, -0.25) is 19.7 Å². The number of Topliss-reactive ketones (excluding diaryl/α,β-unsaturated/α-hetero) is 2. The quantitative estimate of drug-likeness (QED) is 0.867. The molecule has 2 aliphatic rings. The molecule has 1 aromatic rings. The average Bonchev–Trinajstić information content (AvgIpc) is 3.05. The zero-order chi connectivity index (χ0) is 15.0. The summed E-state index contributed by atoms with van der Waals surface area (Å²) < 4.78 is 0. The van der Waals surface area contributed by atoms with E-state index in [4.69, 9.17) is 5.11 Å². The number of hydrogen-bond acceptors (Lipinski definition) is 5. The molecule has 0 spiro atoms. The highest BCUT2D eigenvalue weighted by atomic mass is 32.2. The number of ketones is 2. The van der Waals surface area contributed by atoms with Gasteiger partial charge >= 0.3 is 5.97 Å². The lowest BCUT2D eigenvalue weighted by Gasteiger charge is -2.15. The molecular formula is C15H15NO4S. The lowest BCUT2D eigenvalue weighted by Crippen LogP contribution is -2.42. The smallest absolute Gasteiger partial charge is 0.322 e. The van der Waals surface area contributed by atoms with Crippen LogP contribution in [-0.4, -0.2) is 39.8 Å². The Balaban J connectivity index is 1.70. The molecule has 5 nitrogen and oxygen atoms in total. The third-order valence-electron chi connectivity index (χ3n) is 4.02. The van der Waals surface area contributed by atoms with Crippen LogP contribution < -0.4 is 5.32 Å². The summed E-state index contributed by atoms with van der Waals surface area (Å²) in [5.74, 6) is -1.05. The topological polar surface area (TPSA) is 83.5 Å². The van der Waals surface area contributed by atoms with Crippen molar-refractivity contribution < 1.29 is 19.5 Å². The SMILES string of the molecule is O=C1c2ccccc2CC1CC(=O)C1SCN[C@@H]1C(=O)O. The molecule has 0 aromatic heterocycles. The summed E-state index contributed by atoms with van der Waals surface area (Å²) in [6, 6.07) is 6.55. The predicted molar refractivity (Wildman–Crippen MR) is 78.4 cm³/mol. The third-order valence-corrected chi connectivity index (χ3v) is 5.25. The third kappa shape index (κ3) is 2.61. The van der Waals surface area contributed by atoms with Crippen LogP contribution in [0.5, 0.6) is 0 Å². The van der Waals surface area contributed by atoms with Crippen LogP contribution >= 0.6 is 11.8 Å². The Morgan fingerprint density at radius 2 is 2.10 bits per heavy atom. The molecule has 1 heterocycles. The van der Waals surface area contributed by atoms with Crippen molar-refractivity contribution in [1.29, 1.82) is 0 Å². The van der Waals surface area contributed by atoms with E-state index in [2.05, 4.69) is 5.32 Å². The van der Waals surface area contributed by atoms with Crippen molar-refractivity contribution in [2.75, 3.05) is 5.88 Å². The van der Waals surface area contributed by atoms with Gasteiger partial charge in [0.2, 0.25) is 0 Å². The van der Waals surface area contributed by atoms with Gasteiger partial charge in [0.15, 0.2) is 5.78 Å². The van der Waals surface area contributed by atoms with Gasteiger partial charge in [0, 0.05) is 23.8 Å². The second kappa shape index (κ2) is 5.61. The fourth-order valence-corrected chi connectivity index (χ4v) is 4.11. The van der Waals surface area contributed by atoms with Crippen molar-refractivity contribution in [3.8, 4) is 0 Å². The summed E-state index contributed by atoms with van der Waals surface area (Å²) in [5.41, 5.74) is 1.68. The van der Waals surface area contributed by atoms with E-state index >= 15 is 0 Å². The van der Waals surface area contributed by atoms with Crippen LogP contribution in [-0.2, 0) is 16.0 Å². The molecule has 0 saturated carbocycles. The summed E-state index contributed by atoms with van der Waals surface area (Å²) in [7, 11) is 0. The molecular weight excluding hydrogens is 290 g/mol. The molecule has 1 fully saturated rings. The monoisotopic (exact) mass is 305 g/mol. The van der Waals surface area contributed by atoms with E-state index in [1.165, 1.54) is 11.8 Å². The van der Waals surface area contributed by atoms with E-state index in [9.17, 15) is 14.4 Å². The number of carboxylic acids is 1. The fourth-order valence-electron chi connectivity index (χ4n) is 2.97. The van der Waals surface area contributed by atoms with Gasteiger partial charge in [0.25, 0.3) is 0 Å². The summed E-state index contributed by atoms with van der Waals surface area (Å²) in [5, 5.41) is 11.3. The van der Waals surface area contributed by atoms with E-state index in [0.717, 1.165) is 5.56 Å². The summed E-state index contributed by atoms with van der Waals surface area (Å²) >= 11 is 1.30. The maximum Gasteiger partial charge on any atom is 0.322 e. The summed E-state index contributed by atoms with van der Waals surface area (Å²) in [6.45, 7) is 0. The lowest BCUT2D eigenvalue weighted by molar-refractivity contribution is -0.140. The first-order valence-corrected chi connectivity index (χ1v) is 7.85. The molecule has 110 valence electrons. The van der Waals surface area contributed by atoms with E-state index in [0.29, 0.717) is 17.9 Å². The van der Waals surface area contributed by atoms with Gasteiger partial charge < -0.3 is 5.11 Å². The minimum Gasteiger partial charge on any atom is -0.480 e. The molecule has 0 bridgehead atoms. The van der Waals surface area contributed by atoms with Crippen molar-refractivity contribution in [3.05, 3.63) is 35.4 Å². The highest BCUT2D eigenvalue weighted by Gasteiger charge is 2.40. The molecule has 1 saturated heterocycles. The van der Waals surface area contributed by atoms with Crippen LogP contribution in [0.25, 0.3) is 0 Å². The molecule has 1 aliphatic carbocycles. The number of nitrogens with one attached hydrogen (secondary N) is 1. The molecule has 3 atom stereocenters. The number of benzene rings is 1. The number of carbonyl (C=O) groups is 3. The van der Waals surface area contributed by atoms with Crippen molar-refractivity contribution in [3.63, 3.8) is 0 Å². The Bertz CT molecular complexity index is 615. The van der Waals surface area contributed by atoms with Crippen molar-refractivity contribution in [1.82, 2.24) is 5.32 Å². The van der Waals surface area contributed by atoms with E-state index < -0.39 is 17.3 Å². The fraction of sp³-hybridized carbons (Fsp3) is 0.400. The first-order chi connectivity index (χ1) is 10.1. The zero-order valence-electron chi connectivity index (χ0n) is 11.2. The first-order valence-electron chi connectivity index (χ1n) is 6.80. The van der Waals surface area contributed by atoms with Crippen molar-refractivity contribution in [2.45, 2.75) is 24.1 Å². The molecule has 2 unspecified atom stereocenters. The molecule has 2 N–H and O–H groups in total. The van der Waals surface area contributed by atoms with Crippen molar-refractivity contribution >= 4 is 29.3 Å². The van der Waals surface area contributed by atoms with E-state index in [-0.39, 0.29) is 23.9 Å². The predicted octanol–water partition coefficient (Wildman–Crippen LogP) is 1.12. The van der Waals surface area contributed by atoms with Crippen LogP contribution in [0, 0.1) is 5.92 Å². The Morgan fingerprint density at radius 3 is 2.81 bits per heavy atom. The Morgan fingerprint density at radius 1 is 1.33 bits per heavy atom. The largest absolute Gasteiger partial charge is 0.480 e. The van der Waals surface area contributed by atoms with Crippen LogP contribution in [0.2, 0.25) is 0 Å². The molecule has 3 rings (SSSR count). The molecule has 1 aliphatic heterocycles. The van der Waals surface area contributed by atoms with Crippen LogP contribution in [0.3, 0.4) is 0 Å². The van der Waals surface area contributed by atoms with Gasteiger partial charge in [-0.25, -0.2) is 0 Å². The minimum absolute atomic E-state index is 0.00165. The van der Waals surface area contributed by atoms with Gasteiger partial charge in [-0.05, 0) is 12.0 Å². The molecule has 21 heavy (non-hydrogen) atoms. The standard InChI is InChI=1S/C15H15NO4S/c17-11(14-12(15(19)20)16-7-21-14)6-9-5-8-3-1-2-4-10(8)13(9)18/h1-4,9,12,14,16H,5-7H2,(H,19,20)/t9?,12-,14?/m0/s1. The number of carboxylic acid groups (broad SMARTS) is 1. The van der Waals surface area contributed by atoms with Gasteiger partial charge in [-0.1, -0.05) is 24.3 Å². The summed E-state index contributed by atoms with van der Waals surface area (Å²) in [4.78, 5) is 35.7. The zero-order valence-corrected chi connectivity index (χ0v) is 12.1. The number of rotatable bonds is 4. The second-order valence-corrected chi connectivity index (χ2v) is 6.47. The van der Waals surface area contributed by atoms with Crippen LogP contribution in [0.15, 0.2) is 24.3 Å². The maximum absolute atomic E-state index is 12.3. The number of aliphatic carboxylic acids is 1. The second-order valence-electron chi connectivity index (χ2n) is 5.34. The van der Waals surface area contributed by atoms with Crippen LogP contribution in [0.4, 0.5) is 0 Å². The Hall–Kier alpha value is -1.66. The maximum atomic E-state index is 12.3. The molecule has 0 radical (unpaired) electrons. The summed E-state index contributed by atoms with van der Waals surface area (Å²) in [6.07, 6.45) is 0.694. The number of hydrogen-bond donors (Lipinski definition) is 2. The molecule has 0 amide bonds. The molecule has 6 heteroatoms. The number of thioether (sulfide) groups is 1. The first kappa shape index (κ1) is 14.3. The Labute approximate surface area is 126 Å². The van der Waals surface area contributed by atoms with E-state index in [1.807, 2.05) is 18.2 Å². The number of fused-ring (bicyclic) bond motifs is 1. The van der Waals surface area contributed by atoms with Gasteiger partial charge in [0.05, 0.1) is 5.25 Å². The number of carbonyl (C=O) groups excluding carboxylic acids is 2. The average molecular weight is 305 g/mol. The van der Waals surface area contributed by atoms with Gasteiger partial charge in [0.1, 0.15) is 11.8 Å². The minimum atomic E-state index is -1.01. The van der Waals surface area contributed by atoms with Crippen molar-refractivity contribution in [2.24, 2.45) is 5.92 Å². The Kier molecular flexibility index (Phi) is 3.82. The highest BCUT2D eigenvalue weighted by molar-refractivity contribution is 8.00.